The van der Waals surface area contributed by atoms with Gasteiger partial charge in [0, 0.05) is 38.9 Å². The number of aromatic nitrogens is 2. The lowest BCUT2D eigenvalue weighted by Gasteiger charge is -2.30. The summed E-state index contributed by atoms with van der Waals surface area (Å²) in [5.74, 6) is -1.94. The van der Waals surface area contributed by atoms with E-state index in [1.165, 1.54) is 0 Å². The van der Waals surface area contributed by atoms with Crippen LogP contribution < -0.4 is 16.4 Å². The molecule has 0 unspecified atom stereocenters. The highest BCUT2D eigenvalue weighted by Gasteiger charge is 2.31. The summed E-state index contributed by atoms with van der Waals surface area (Å²) in [7, 11) is 0. The Morgan fingerprint density at radius 3 is 2.69 bits per heavy atom. The minimum atomic E-state index is -1.35. The molecule has 4 heterocycles. The van der Waals surface area contributed by atoms with Crippen molar-refractivity contribution >= 4 is 52.5 Å². The third-order valence-electron chi connectivity index (χ3n) is 7.28. The molecule has 1 fully saturated rings. The zero-order valence-electron chi connectivity index (χ0n) is 22.5. The van der Waals surface area contributed by atoms with Gasteiger partial charge in [-0.05, 0) is 48.2 Å². The van der Waals surface area contributed by atoms with E-state index in [1.54, 1.807) is 32.6 Å². The van der Waals surface area contributed by atoms with E-state index in [-0.39, 0.29) is 41.3 Å². The molecule has 2 aliphatic rings. The number of hydrogen-bond acceptors (Lipinski definition) is 7. The number of aliphatic carboxylic acids is 1. The number of nitrogens with two attached hydrogens (primary N) is 1. The second-order valence-electron chi connectivity index (χ2n) is 10.1. The van der Waals surface area contributed by atoms with Gasteiger partial charge < -0.3 is 36.4 Å². The lowest BCUT2D eigenvalue weighted by molar-refractivity contribution is -0.139. The molecule has 0 radical (unpaired) electrons. The normalized spacial score (nSPS) is 17.7. The maximum atomic E-state index is 13.3. The van der Waals surface area contributed by atoms with Crippen LogP contribution in [0.5, 0.6) is 0 Å². The number of nitrogens with zero attached hydrogens (tertiary/aromatic N) is 5. The number of aliphatic hydroxyl groups excluding tert-OH is 1. The van der Waals surface area contributed by atoms with Gasteiger partial charge in [-0.15, -0.1) is 0 Å². The van der Waals surface area contributed by atoms with Crippen molar-refractivity contribution in [3.8, 4) is 0 Å². The molecule has 2 atom stereocenters. The zero-order chi connectivity index (χ0) is 30.0. The molecule has 5 rings (SSSR count). The first-order valence-corrected chi connectivity index (χ1v) is 14.1. The van der Waals surface area contributed by atoms with Crippen LogP contribution in [0, 0.1) is 0 Å². The molecule has 222 valence electrons. The van der Waals surface area contributed by atoms with Gasteiger partial charge >= 0.3 is 5.97 Å². The second kappa shape index (κ2) is 12.5. The number of nitrogens with one attached hydrogen (secondary N) is 2. The summed E-state index contributed by atoms with van der Waals surface area (Å²) in [5, 5.41) is 29.5. The van der Waals surface area contributed by atoms with Crippen LogP contribution in [-0.2, 0) is 17.8 Å². The van der Waals surface area contributed by atoms with Gasteiger partial charge in [0.25, 0.3) is 11.8 Å². The minimum Gasteiger partial charge on any atom is -0.480 e. The Hall–Kier alpha value is -3.91. The Bertz CT molecular complexity index is 1530. The number of hydrogen-bond donors (Lipinski definition) is 5. The van der Waals surface area contributed by atoms with E-state index in [1.807, 2.05) is 18.2 Å². The number of carbonyl (C=O) groups excluding carboxylic acids is 2. The fourth-order valence-corrected chi connectivity index (χ4v) is 5.91. The van der Waals surface area contributed by atoms with E-state index in [9.17, 15) is 24.6 Å². The van der Waals surface area contributed by atoms with Gasteiger partial charge in [0.05, 0.1) is 33.9 Å². The molecule has 0 aliphatic carbocycles. The van der Waals surface area contributed by atoms with Crippen molar-refractivity contribution in [2.75, 3.05) is 32.8 Å². The molecule has 3 aromatic rings. The topological polar surface area (TPSA) is 178 Å². The summed E-state index contributed by atoms with van der Waals surface area (Å²) in [6.45, 7) is 1.18. The van der Waals surface area contributed by atoms with Crippen molar-refractivity contribution in [2.45, 2.75) is 31.5 Å². The van der Waals surface area contributed by atoms with Crippen LogP contribution in [0.4, 0.5) is 0 Å². The molecular weight excluding hydrogens is 587 g/mol. The number of amides is 2. The molecule has 42 heavy (non-hydrogen) atoms. The van der Waals surface area contributed by atoms with Crippen LogP contribution in [0.25, 0.3) is 5.52 Å². The van der Waals surface area contributed by atoms with E-state index in [0.717, 1.165) is 5.52 Å². The Morgan fingerprint density at radius 2 is 2.00 bits per heavy atom. The first-order chi connectivity index (χ1) is 20.2. The molecule has 0 spiro atoms. The average Bonchev–Trinajstić information content (AvgIpc) is 3.60. The first-order valence-electron chi connectivity index (χ1n) is 13.3. The molecule has 15 heteroatoms. The van der Waals surface area contributed by atoms with Crippen molar-refractivity contribution in [3.05, 3.63) is 69.0 Å². The van der Waals surface area contributed by atoms with Gasteiger partial charge in [-0.3, -0.25) is 9.59 Å². The summed E-state index contributed by atoms with van der Waals surface area (Å²) in [6, 6.07) is 7.50. The van der Waals surface area contributed by atoms with Crippen LogP contribution in [0.3, 0.4) is 0 Å². The predicted octanol–water partition coefficient (Wildman–Crippen LogP) is 0.951. The fraction of sp³-hybridized carbons (Fsp3) is 0.370. The molecule has 0 bridgehead atoms. The van der Waals surface area contributed by atoms with Crippen LogP contribution in [0.15, 0.2) is 41.5 Å². The number of carboxylic acids is 1. The molecule has 2 amide bonds. The fourth-order valence-electron chi connectivity index (χ4n) is 5.15. The van der Waals surface area contributed by atoms with E-state index < -0.39 is 24.0 Å². The average molecular weight is 617 g/mol. The summed E-state index contributed by atoms with van der Waals surface area (Å²) >= 11 is 13.2. The molecule has 2 aromatic heterocycles. The van der Waals surface area contributed by atoms with E-state index >= 15 is 0 Å². The summed E-state index contributed by atoms with van der Waals surface area (Å²) in [4.78, 5) is 46.0. The highest BCUT2D eigenvalue weighted by molar-refractivity contribution is 6.40. The lowest BCUT2D eigenvalue weighted by atomic mass is 9.96. The molecule has 2 aliphatic heterocycles. The van der Waals surface area contributed by atoms with Gasteiger partial charge in [-0.2, -0.15) is 5.10 Å². The number of halogens is 2. The number of β-amino-alcohol motifs (C(OH)–C–C–N with tert-alkyl or cyclic N) is 1. The van der Waals surface area contributed by atoms with E-state index in [4.69, 9.17) is 28.9 Å². The van der Waals surface area contributed by atoms with E-state index in [2.05, 4.69) is 20.7 Å². The quantitative estimate of drug-likeness (QED) is 0.191. The Kier molecular flexibility index (Phi) is 8.82. The number of aliphatic imine (C=N–C) groups is 1. The molecular formula is C27H30Cl2N8O5. The largest absolute Gasteiger partial charge is 0.480 e. The van der Waals surface area contributed by atoms with E-state index in [0.29, 0.717) is 55.3 Å². The first kappa shape index (κ1) is 29.6. The van der Waals surface area contributed by atoms with Crippen molar-refractivity contribution < 1.29 is 24.6 Å². The maximum Gasteiger partial charge on any atom is 0.328 e. The van der Waals surface area contributed by atoms with Crippen molar-refractivity contribution in [1.29, 1.82) is 0 Å². The van der Waals surface area contributed by atoms with Crippen LogP contribution in [0.2, 0.25) is 10.0 Å². The number of carboxylic acid groups (broad SMARTS) is 1. The Labute approximate surface area is 250 Å². The highest BCUT2D eigenvalue weighted by atomic mass is 35.5. The number of guanidine groups is 1. The Balaban J connectivity index is 1.29. The number of fused-ring (bicyclic) bond motifs is 2. The Morgan fingerprint density at radius 1 is 1.19 bits per heavy atom. The van der Waals surface area contributed by atoms with Gasteiger partial charge in [-0.1, -0.05) is 29.3 Å². The third kappa shape index (κ3) is 6.14. The summed E-state index contributed by atoms with van der Waals surface area (Å²) in [5.41, 5.74) is 7.99. The van der Waals surface area contributed by atoms with Crippen molar-refractivity contribution in [3.63, 3.8) is 0 Å². The lowest BCUT2D eigenvalue weighted by Crippen LogP contribution is -2.51. The van der Waals surface area contributed by atoms with Gasteiger partial charge in [0.2, 0.25) is 0 Å². The predicted molar refractivity (Wildman–Crippen MR) is 156 cm³/mol. The van der Waals surface area contributed by atoms with Crippen LogP contribution in [-0.4, -0.2) is 98.4 Å². The van der Waals surface area contributed by atoms with Crippen molar-refractivity contribution in [1.82, 2.24) is 30.0 Å². The zero-order valence-corrected chi connectivity index (χ0v) is 24.0. The molecule has 6 N–H and O–H groups in total. The highest BCUT2D eigenvalue weighted by Crippen LogP contribution is 2.35. The number of carbonyl (C=O) groups is 3. The summed E-state index contributed by atoms with van der Waals surface area (Å²) in [6.07, 6.45) is 2.16. The number of pyridine rings is 1. The number of rotatable bonds is 7. The standard InChI is InChI=1S/C27H30Cl2N8O5/c28-19-9-15-12-35(25(40)20-10-16-3-1-2-6-37(16)34-20)8-5-18(15)23(29)22(19)24(39)33-21(26(41)42)11-31-27(32-14-30)36-7-4-17(38)13-36/h1-3,6,9-10,17,21,38H,4-5,7-8,11-14,30H2,(H,31,32)(H,33,39)(H,41,42)/t17-,21-/m0/s1. The minimum absolute atomic E-state index is 0.0341. The second-order valence-corrected chi connectivity index (χ2v) is 10.8. The monoisotopic (exact) mass is 616 g/mol. The smallest absolute Gasteiger partial charge is 0.328 e. The van der Waals surface area contributed by atoms with Gasteiger partial charge in [0.1, 0.15) is 6.04 Å². The number of aliphatic hydroxyl groups is 1. The third-order valence-corrected chi connectivity index (χ3v) is 8.00. The SMILES string of the molecule is NC/N=C(/NC[C@H](NC(=O)c1c(Cl)cc2c(c1Cl)CCN(C(=O)c1cc3ccccn3n1)C2)C(=O)O)N1CC[C@H](O)C1. The van der Waals surface area contributed by atoms with Crippen LogP contribution in [0.1, 0.15) is 38.4 Å². The summed E-state index contributed by atoms with van der Waals surface area (Å²) < 4.78 is 1.63. The van der Waals surface area contributed by atoms with Gasteiger partial charge in [-0.25, -0.2) is 14.3 Å². The van der Waals surface area contributed by atoms with Crippen molar-refractivity contribution in [2.24, 2.45) is 10.7 Å². The molecule has 1 aromatic carbocycles. The maximum absolute atomic E-state index is 13.3. The van der Waals surface area contributed by atoms with Crippen LogP contribution >= 0.6 is 23.2 Å². The number of benzene rings is 1. The molecule has 0 saturated carbocycles. The van der Waals surface area contributed by atoms with Gasteiger partial charge in [0.15, 0.2) is 11.7 Å². The molecule has 1 saturated heterocycles. The number of likely N-dealkylation sites (tertiary alicyclic amines) is 1. The molecule has 13 nitrogen and oxygen atoms in total.